The van der Waals surface area contributed by atoms with Gasteiger partial charge in [-0.3, -0.25) is 9.69 Å². The molecule has 0 aromatic carbocycles. The molecule has 1 amide bonds. The summed E-state index contributed by atoms with van der Waals surface area (Å²) in [6.07, 6.45) is -2.72. The van der Waals surface area contributed by atoms with Crippen LogP contribution in [0.25, 0.3) is 0 Å². The van der Waals surface area contributed by atoms with Gasteiger partial charge in [0.25, 0.3) is 0 Å². The summed E-state index contributed by atoms with van der Waals surface area (Å²) in [5.74, 6) is -0.856. The summed E-state index contributed by atoms with van der Waals surface area (Å²) in [4.78, 5) is 13.9. The molecule has 1 aliphatic rings. The van der Waals surface area contributed by atoms with Gasteiger partial charge in [0.2, 0.25) is 5.91 Å². The average Bonchev–Trinajstić information content (AvgIpc) is 2.36. The summed E-state index contributed by atoms with van der Waals surface area (Å²) in [5.41, 5.74) is 0. The number of rotatable bonds is 4. The predicted octanol–water partition coefficient (Wildman–Crippen LogP) is 1.24. The van der Waals surface area contributed by atoms with Crippen molar-refractivity contribution in [2.24, 2.45) is 0 Å². The minimum atomic E-state index is -4.46. The smallest absolute Gasteiger partial charge is 0.387 e. The van der Waals surface area contributed by atoms with Crippen LogP contribution in [0.2, 0.25) is 0 Å². The van der Waals surface area contributed by atoms with E-state index in [-0.39, 0.29) is 19.1 Å². The first-order valence-electron chi connectivity index (χ1n) is 6.52. The number of aliphatic hydroxyl groups excluding tert-OH is 1. The third-order valence-corrected chi connectivity index (χ3v) is 3.58. The first-order valence-corrected chi connectivity index (χ1v) is 6.52. The quantitative estimate of drug-likeness (QED) is 0.844. The van der Waals surface area contributed by atoms with Gasteiger partial charge in [0.1, 0.15) is 12.6 Å². The second kappa shape index (κ2) is 6.56. The number of piperazine rings is 1. The van der Waals surface area contributed by atoms with Crippen LogP contribution >= 0.6 is 0 Å². The Morgan fingerprint density at radius 1 is 1.42 bits per heavy atom. The summed E-state index contributed by atoms with van der Waals surface area (Å²) < 4.78 is 39.0. The molecule has 1 unspecified atom stereocenters. The van der Waals surface area contributed by atoms with Gasteiger partial charge in [-0.25, -0.2) is 0 Å². The number of alkyl halides is 3. The van der Waals surface area contributed by atoms with Crippen LogP contribution in [-0.4, -0.2) is 65.3 Å². The molecule has 1 heterocycles. The van der Waals surface area contributed by atoms with Crippen LogP contribution in [0.3, 0.4) is 0 Å². The number of hydrogen-bond donors (Lipinski definition) is 1. The van der Waals surface area contributed by atoms with Gasteiger partial charge in [0.05, 0.1) is 0 Å². The molecule has 112 valence electrons. The maximum Gasteiger partial charge on any atom is 0.410 e. The highest BCUT2D eigenvalue weighted by atomic mass is 19.4. The van der Waals surface area contributed by atoms with Crippen molar-refractivity contribution < 1.29 is 23.1 Å². The van der Waals surface area contributed by atoms with E-state index in [9.17, 15) is 18.0 Å². The van der Waals surface area contributed by atoms with Crippen LogP contribution in [0, 0.1) is 0 Å². The molecule has 4 nitrogen and oxygen atoms in total. The molecule has 0 aromatic rings. The SMILES string of the molecule is CCCC(C)N1CCN(C(=O)CO)[C@H](C(F)(F)F)C1. The molecule has 0 spiro atoms. The average molecular weight is 282 g/mol. The fourth-order valence-electron chi connectivity index (χ4n) is 2.47. The van der Waals surface area contributed by atoms with Crippen molar-refractivity contribution in [3.8, 4) is 0 Å². The van der Waals surface area contributed by atoms with Crippen LogP contribution in [0.5, 0.6) is 0 Å². The van der Waals surface area contributed by atoms with E-state index in [2.05, 4.69) is 0 Å². The highest BCUT2D eigenvalue weighted by molar-refractivity contribution is 5.77. The molecule has 2 atom stereocenters. The van der Waals surface area contributed by atoms with Crippen molar-refractivity contribution in [2.75, 3.05) is 26.2 Å². The standard InChI is InChI=1S/C12H21F3N2O2/c1-3-4-9(2)16-5-6-17(11(19)8-18)10(7-16)12(13,14)15/h9-10,18H,3-8H2,1-2H3/t9?,10-/m0/s1. The predicted molar refractivity (Wildman–Crippen MR) is 64.6 cm³/mol. The zero-order valence-corrected chi connectivity index (χ0v) is 11.3. The number of nitrogens with zero attached hydrogens (tertiary/aromatic N) is 2. The van der Waals surface area contributed by atoms with Crippen LogP contribution in [0.4, 0.5) is 13.2 Å². The van der Waals surface area contributed by atoms with Gasteiger partial charge < -0.3 is 10.0 Å². The van der Waals surface area contributed by atoms with Crippen molar-refractivity contribution >= 4 is 5.91 Å². The highest BCUT2D eigenvalue weighted by Crippen LogP contribution is 2.29. The third kappa shape index (κ3) is 4.07. The first kappa shape index (κ1) is 16.2. The fraction of sp³-hybridized carbons (Fsp3) is 0.917. The van der Waals surface area contributed by atoms with E-state index in [1.54, 1.807) is 4.90 Å². The molecule has 1 rings (SSSR count). The van der Waals surface area contributed by atoms with Gasteiger partial charge in [0.15, 0.2) is 0 Å². The third-order valence-electron chi connectivity index (χ3n) is 3.58. The fourth-order valence-corrected chi connectivity index (χ4v) is 2.47. The molecule has 1 fully saturated rings. The van der Waals surface area contributed by atoms with Crippen molar-refractivity contribution in [2.45, 2.75) is 44.9 Å². The Kier molecular flexibility index (Phi) is 5.61. The molecule has 19 heavy (non-hydrogen) atoms. The van der Waals surface area contributed by atoms with Gasteiger partial charge in [0, 0.05) is 25.7 Å². The number of carbonyl (C=O) groups excluding carboxylic acids is 1. The molecule has 1 N–H and O–H groups in total. The van der Waals surface area contributed by atoms with E-state index in [1.807, 2.05) is 13.8 Å². The van der Waals surface area contributed by atoms with Gasteiger partial charge in [-0.05, 0) is 13.3 Å². The minimum Gasteiger partial charge on any atom is -0.387 e. The lowest BCUT2D eigenvalue weighted by Crippen LogP contribution is -2.62. The molecule has 1 aliphatic heterocycles. The number of halogens is 3. The van der Waals surface area contributed by atoms with Gasteiger partial charge in [-0.15, -0.1) is 0 Å². The lowest BCUT2D eigenvalue weighted by Gasteiger charge is -2.44. The molecule has 0 radical (unpaired) electrons. The molecule has 1 saturated heterocycles. The summed E-state index contributed by atoms with van der Waals surface area (Å²) in [5, 5.41) is 8.76. The molecule has 0 bridgehead atoms. The molecular weight excluding hydrogens is 261 g/mol. The van der Waals surface area contributed by atoms with Crippen molar-refractivity contribution in [3.05, 3.63) is 0 Å². The number of aliphatic hydroxyl groups is 1. The lowest BCUT2D eigenvalue weighted by molar-refractivity contribution is -0.203. The zero-order valence-electron chi connectivity index (χ0n) is 11.3. The topological polar surface area (TPSA) is 43.8 Å². The van der Waals surface area contributed by atoms with Gasteiger partial charge >= 0.3 is 6.18 Å². The van der Waals surface area contributed by atoms with Crippen LogP contribution in [0.15, 0.2) is 0 Å². The number of amides is 1. The van der Waals surface area contributed by atoms with E-state index in [1.165, 1.54) is 0 Å². The van der Waals surface area contributed by atoms with Crippen LogP contribution < -0.4 is 0 Å². The minimum absolute atomic E-state index is 0.0115. The Morgan fingerprint density at radius 2 is 2.05 bits per heavy atom. The maximum absolute atomic E-state index is 13.0. The summed E-state index contributed by atoms with van der Waals surface area (Å²) >= 11 is 0. The van der Waals surface area contributed by atoms with Crippen molar-refractivity contribution in [1.29, 1.82) is 0 Å². The molecule has 7 heteroatoms. The summed E-state index contributed by atoms with van der Waals surface area (Å²) in [6, 6.07) is -1.75. The van der Waals surface area contributed by atoms with E-state index in [0.717, 1.165) is 17.7 Å². The summed E-state index contributed by atoms with van der Waals surface area (Å²) in [6.45, 7) is 3.23. The molecular formula is C12H21F3N2O2. The second-order valence-electron chi connectivity index (χ2n) is 4.94. The Labute approximate surface area is 111 Å². The maximum atomic E-state index is 13.0. The van der Waals surface area contributed by atoms with E-state index < -0.39 is 24.7 Å². The molecule has 0 saturated carbocycles. The normalized spacial score (nSPS) is 23.5. The monoisotopic (exact) mass is 282 g/mol. The Balaban J connectivity index is 2.79. The van der Waals surface area contributed by atoms with Crippen molar-refractivity contribution in [1.82, 2.24) is 9.80 Å². The zero-order chi connectivity index (χ0) is 14.6. The van der Waals surface area contributed by atoms with Gasteiger partial charge in [-0.1, -0.05) is 13.3 Å². The molecule has 0 aliphatic carbocycles. The van der Waals surface area contributed by atoms with Crippen molar-refractivity contribution in [3.63, 3.8) is 0 Å². The highest BCUT2D eigenvalue weighted by Gasteiger charge is 2.48. The van der Waals surface area contributed by atoms with Crippen LogP contribution in [-0.2, 0) is 4.79 Å². The van der Waals surface area contributed by atoms with E-state index in [4.69, 9.17) is 5.11 Å². The first-order chi connectivity index (χ1) is 8.81. The Bertz CT molecular complexity index is 310. The Hall–Kier alpha value is -0.820. The van der Waals surface area contributed by atoms with Gasteiger partial charge in [-0.2, -0.15) is 13.2 Å². The second-order valence-corrected chi connectivity index (χ2v) is 4.94. The number of carbonyl (C=O) groups is 1. The number of hydrogen-bond acceptors (Lipinski definition) is 3. The van der Waals surface area contributed by atoms with Crippen LogP contribution in [0.1, 0.15) is 26.7 Å². The summed E-state index contributed by atoms with van der Waals surface area (Å²) in [7, 11) is 0. The van der Waals surface area contributed by atoms with E-state index in [0.29, 0.717) is 6.54 Å². The lowest BCUT2D eigenvalue weighted by atomic mass is 10.1. The van der Waals surface area contributed by atoms with E-state index >= 15 is 0 Å². The molecule has 0 aromatic heterocycles. The largest absolute Gasteiger partial charge is 0.410 e. The Morgan fingerprint density at radius 3 is 2.53 bits per heavy atom.